The van der Waals surface area contributed by atoms with Crippen molar-refractivity contribution in [2.45, 2.75) is 25.5 Å². The maximum Gasteiger partial charge on any atom is 0.482 e. The smallest absolute Gasteiger partial charge is 0.482 e. The van der Waals surface area contributed by atoms with Crippen molar-refractivity contribution in [3.63, 3.8) is 0 Å². The molecule has 1 saturated heterocycles. The molecule has 0 bridgehead atoms. The van der Waals surface area contributed by atoms with Gasteiger partial charge in [-0.15, -0.1) is 0 Å². The van der Waals surface area contributed by atoms with Crippen LogP contribution >= 0.6 is 0 Å². The number of allylic oxidation sites excluding steroid dienone is 1. The summed E-state index contributed by atoms with van der Waals surface area (Å²) in [7, 11) is -0.687. The molecule has 1 aromatic rings. The number of carbonyl (C=O) groups excluding carboxylic acids is 2. The van der Waals surface area contributed by atoms with Gasteiger partial charge in [-0.2, -0.15) is 13.1 Å². The monoisotopic (exact) mass is 543 g/mol. The Morgan fingerprint density at radius 3 is 2.41 bits per heavy atom. The number of benzene rings is 1. The number of rotatable bonds is 11. The predicted molar refractivity (Wildman–Crippen MR) is 131 cm³/mol. The van der Waals surface area contributed by atoms with Gasteiger partial charge in [0.1, 0.15) is 5.70 Å². The van der Waals surface area contributed by atoms with Crippen LogP contribution < -0.4 is 20.1 Å². The first-order chi connectivity index (χ1) is 17.4. The molecule has 2 amide bonds. The SMILES string of the molecule is CN/C(=C\C(=N)C1CC1)C(=O)NCc1cccc(OC(F)(F)C(=O)N2CCN(S(C)(=O)=O)CC2)c1OC. The number of para-hydroxylation sites is 1. The molecular weight excluding hydrogens is 512 g/mol. The molecule has 1 aromatic carbocycles. The second kappa shape index (κ2) is 11.4. The van der Waals surface area contributed by atoms with E-state index in [2.05, 4.69) is 10.6 Å². The summed E-state index contributed by atoms with van der Waals surface area (Å²) in [4.78, 5) is 25.9. The van der Waals surface area contributed by atoms with Crippen molar-refractivity contribution < 1.29 is 36.3 Å². The van der Waals surface area contributed by atoms with Crippen LogP contribution in [-0.4, -0.2) is 87.8 Å². The quantitative estimate of drug-likeness (QED) is 0.278. The maximum atomic E-state index is 14.8. The number of hydrogen-bond donors (Lipinski definition) is 3. The van der Waals surface area contributed by atoms with Crippen molar-refractivity contribution in [1.29, 1.82) is 5.41 Å². The molecule has 0 unspecified atom stereocenters. The Hall–Kier alpha value is -3.26. The molecule has 3 N–H and O–H groups in total. The minimum Gasteiger partial charge on any atom is -0.492 e. The Bertz CT molecular complexity index is 1180. The van der Waals surface area contributed by atoms with Crippen LogP contribution in [0.15, 0.2) is 30.0 Å². The minimum absolute atomic E-state index is 0.0853. The van der Waals surface area contributed by atoms with Gasteiger partial charge < -0.3 is 30.4 Å². The number of nitrogens with zero attached hydrogens (tertiary/aromatic N) is 2. The lowest BCUT2D eigenvalue weighted by atomic mass is 10.1. The molecule has 14 heteroatoms. The van der Waals surface area contributed by atoms with E-state index < -0.39 is 33.7 Å². The lowest BCUT2D eigenvalue weighted by Crippen LogP contribution is -2.55. The van der Waals surface area contributed by atoms with Gasteiger partial charge in [-0.05, 0) is 25.0 Å². The zero-order valence-corrected chi connectivity index (χ0v) is 21.7. The second-order valence-electron chi connectivity index (χ2n) is 8.74. The van der Waals surface area contributed by atoms with Gasteiger partial charge in [0.15, 0.2) is 11.5 Å². The van der Waals surface area contributed by atoms with E-state index in [4.69, 9.17) is 14.9 Å². The van der Waals surface area contributed by atoms with Crippen molar-refractivity contribution in [2.24, 2.45) is 5.92 Å². The molecule has 1 saturated carbocycles. The molecule has 11 nitrogen and oxygen atoms in total. The van der Waals surface area contributed by atoms with Crippen molar-refractivity contribution in [3.8, 4) is 11.5 Å². The molecule has 37 heavy (non-hydrogen) atoms. The van der Waals surface area contributed by atoms with Gasteiger partial charge in [-0.1, -0.05) is 12.1 Å². The molecule has 1 heterocycles. The zero-order valence-electron chi connectivity index (χ0n) is 20.8. The van der Waals surface area contributed by atoms with Gasteiger partial charge >= 0.3 is 12.0 Å². The van der Waals surface area contributed by atoms with E-state index in [0.29, 0.717) is 11.3 Å². The second-order valence-corrected chi connectivity index (χ2v) is 10.7. The number of sulfonamides is 1. The van der Waals surface area contributed by atoms with E-state index in [9.17, 15) is 26.8 Å². The maximum absolute atomic E-state index is 14.8. The molecule has 2 aliphatic rings. The number of likely N-dealkylation sites (N-methyl/N-ethyl adjacent to an activating group) is 1. The Balaban J connectivity index is 1.67. The van der Waals surface area contributed by atoms with E-state index in [1.807, 2.05) is 0 Å². The number of methoxy groups -OCH3 is 1. The lowest BCUT2D eigenvalue weighted by Gasteiger charge is -2.34. The van der Waals surface area contributed by atoms with Crippen LogP contribution in [0.4, 0.5) is 8.78 Å². The summed E-state index contributed by atoms with van der Waals surface area (Å²) in [6.45, 7) is -0.687. The highest BCUT2D eigenvalue weighted by Crippen LogP contribution is 2.35. The summed E-state index contributed by atoms with van der Waals surface area (Å²) in [5.41, 5.74) is 0.875. The first-order valence-electron chi connectivity index (χ1n) is 11.6. The summed E-state index contributed by atoms with van der Waals surface area (Å²) in [6.07, 6.45) is 0.0716. The van der Waals surface area contributed by atoms with E-state index in [1.54, 1.807) is 13.1 Å². The number of carbonyl (C=O) groups is 2. The van der Waals surface area contributed by atoms with Gasteiger partial charge in [-0.3, -0.25) is 9.59 Å². The van der Waals surface area contributed by atoms with Gasteiger partial charge in [0.25, 0.3) is 5.91 Å². The van der Waals surface area contributed by atoms with Crippen LogP contribution in [0, 0.1) is 11.3 Å². The lowest BCUT2D eigenvalue weighted by molar-refractivity contribution is -0.204. The molecule has 0 radical (unpaired) electrons. The van der Waals surface area contributed by atoms with Crippen molar-refractivity contribution >= 4 is 27.5 Å². The standard InChI is InChI=1S/C23H31F2N5O6S/c1-27-18(13-17(26)15-7-8-15)21(31)28-14-16-5-4-6-19(20(16)35-2)36-23(24,25)22(32)29-9-11-30(12-10-29)37(3,33)34/h4-6,13,15,26-27H,7-12,14H2,1-3H3,(H,28,31)/b18-13-,26-17?. The van der Waals surface area contributed by atoms with Gasteiger partial charge in [0, 0.05) is 57.0 Å². The summed E-state index contributed by atoms with van der Waals surface area (Å²) in [5, 5.41) is 13.4. The number of ether oxygens (including phenoxy) is 2. The Kier molecular flexibility index (Phi) is 8.74. The molecule has 3 rings (SSSR count). The van der Waals surface area contributed by atoms with Crippen molar-refractivity contribution in [3.05, 3.63) is 35.5 Å². The number of halogens is 2. The summed E-state index contributed by atoms with van der Waals surface area (Å²) in [5.74, 6) is -2.41. The summed E-state index contributed by atoms with van der Waals surface area (Å²) in [6, 6.07) is 4.18. The fourth-order valence-corrected chi connectivity index (χ4v) is 4.62. The Morgan fingerprint density at radius 1 is 1.22 bits per heavy atom. The van der Waals surface area contributed by atoms with Crippen LogP contribution in [0.3, 0.4) is 0 Å². The average Bonchev–Trinajstić information content (AvgIpc) is 3.70. The molecule has 0 atom stereocenters. The molecule has 204 valence electrons. The Morgan fingerprint density at radius 2 is 1.86 bits per heavy atom. The summed E-state index contributed by atoms with van der Waals surface area (Å²) >= 11 is 0. The number of hydrogen-bond acceptors (Lipinski definition) is 8. The van der Waals surface area contributed by atoms with Gasteiger partial charge in [0.05, 0.1) is 13.4 Å². The van der Waals surface area contributed by atoms with Gasteiger partial charge in [-0.25, -0.2) is 8.42 Å². The molecular formula is C23H31F2N5O6S. The highest BCUT2D eigenvalue weighted by Gasteiger charge is 2.47. The highest BCUT2D eigenvalue weighted by molar-refractivity contribution is 7.88. The minimum atomic E-state index is -4.24. The van der Waals surface area contributed by atoms with Crippen molar-refractivity contribution in [1.82, 2.24) is 19.8 Å². The first-order valence-corrected chi connectivity index (χ1v) is 13.5. The average molecular weight is 544 g/mol. The molecule has 1 aliphatic carbocycles. The van der Waals surface area contributed by atoms with Crippen LogP contribution in [0.1, 0.15) is 18.4 Å². The molecule has 1 aliphatic heterocycles. The zero-order chi connectivity index (χ0) is 27.4. The largest absolute Gasteiger partial charge is 0.492 e. The first kappa shape index (κ1) is 28.3. The van der Waals surface area contributed by atoms with Crippen LogP contribution in [0.2, 0.25) is 0 Å². The third-order valence-electron chi connectivity index (χ3n) is 6.02. The fourth-order valence-electron chi connectivity index (χ4n) is 3.79. The molecule has 2 fully saturated rings. The number of piperazine rings is 1. The van der Waals surface area contributed by atoms with E-state index in [-0.39, 0.29) is 50.1 Å². The number of nitrogens with one attached hydrogen (secondary N) is 3. The predicted octanol–water partition coefficient (Wildman–Crippen LogP) is 0.920. The van der Waals surface area contributed by atoms with Crippen LogP contribution in [0.25, 0.3) is 0 Å². The third kappa shape index (κ3) is 7.16. The van der Waals surface area contributed by atoms with Gasteiger partial charge in [0.2, 0.25) is 10.0 Å². The van der Waals surface area contributed by atoms with Crippen LogP contribution in [0.5, 0.6) is 11.5 Å². The summed E-state index contributed by atoms with van der Waals surface area (Å²) < 4.78 is 64.0. The van der Waals surface area contributed by atoms with E-state index >= 15 is 0 Å². The highest BCUT2D eigenvalue weighted by atomic mass is 32.2. The van der Waals surface area contributed by atoms with Crippen molar-refractivity contribution in [2.75, 3.05) is 46.6 Å². The topological polar surface area (TPSA) is 141 Å². The number of alkyl halides is 2. The Labute approximate surface area is 214 Å². The third-order valence-corrected chi connectivity index (χ3v) is 7.32. The molecule has 0 spiro atoms. The molecule has 0 aromatic heterocycles. The number of amides is 2. The van der Waals surface area contributed by atoms with Crippen LogP contribution in [-0.2, 0) is 26.2 Å². The fraction of sp³-hybridized carbons (Fsp3) is 0.522. The van der Waals surface area contributed by atoms with E-state index in [0.717, 1.165) is 28.3 Å². The van der Waals surface area contributed by atoms with E-state index in [1.165, 1.54) is 25.3 Å². The normalized spacial score (nSPS) is 17.2.